The van der Waals surface area contributed by atoms with E-state index in [1.807, 2.05) is 4.90 Å². The molecule has 6 heteroatoms. The number of carbonyl (C=O) groups is 1. The SMILES string of the molecule is CC(C)N1CC(CN2CCc3nc(N)sc3C2)CCC1=O. The molecule has 0 radical (unpaired) electrons. The fourth-order valence-electron chi connectivity index (χ4n) is 3.38. The van der Waals surface area contributed by atoms with Crippen molar-refractivity contribution >= 4 is 22.4 Å². The number of thiazole rings is 1. The molecule has 1 saturated heterocycles. The second-order valence-electron chi connectivity index (χ2n) is 6.45. The second-order valence-corrected chi connectivity index (χ2v) is 7.57. The zero-order chi connectivity index (χ0) is 15.0. The fourth-order valence-corrected chi connectivity index (χ4v) is 4.30. The maximum absolute atomic E-state index is 11.9. The zero-order valence-corrected chi connectivity index (χ0v) is 13.7. The summed E-state index contributed by atoms with van der Waals surface area (Å²) in [5.41, 5.74) is 6.99. The standard InChI is InChI=1S/C15H24N4OS/c1-10(2)19-8-11(3-4-14(19)20)7-18-6-5-12-13(9-18)21-15(16)17-12/h10-11H,3-9H2,1-2H3,(H2,16,17). The Kier molecular flexibility index (Phi) is 4.17. The number of hydrogen-bond donors (Lipinski definition) is 1. The Bertz CT molecular complexity index is 528. The molecule has 1 aromatic heterocycles. The van der Waals surface area contributed by atoms with E-state index in [0.29, 0.717) is 29.4 Å². The normalized spacial score (nSPS) is 23.7. The van der Waals surface area contributed by atoms with E-state index in [-0.39, 0.29) is 0 Å². The molecule has 1 atom stereocenters. The van der Waals surface area contributed by atoms with Crippen molar-refractivity contribution in [2.24, 2.45) is 5.92 Å². The summed E-state index contributed by atoms with van der Waals surface area (Å²) in [4.78, 5) is 22.2. The molecule has 116 valence electrons. The van der Waals surface area contributed by atoms with Gasteiger partial charge in [-0.1, -0.05) is 0 Å². The van der Waals surface area contributed by atoms with Gasteiger partial charge >= 0.3 is 0 Å². The molecule has 2 aliphatic heterocycles. The quantitative estimate of drug-likeness (QED) is 0.924. The summed E-state index contributed by atoms with van der Waals surface area (Å²) >= 11 is 1.62. The molecule has 1 aromatic rings. The lowest BCUT2D eigenvalue weighted by Gasteiger charge is -2.38. The van der Waals surface area contributed by atoms with Gasteiger partial charge in [-0.25, -0.2) is 4.98 Å². The topological polar surface area (TPSA) is 62.5 Å². The zero-order valence-electron chi connectivity index (χ0n) is 12.8. The number of nitrogen functional groups attached to an aromatic ring is 1. The monoisotopic (exact) mass is 308 g/mol. The smallest absolute Gasteiger partial charge is 0.222 e. The van der Waals surface area contributed by atoms with Crippen LogP contribution in [-0.2, 0) is 17.8 Å². The van der Waals surface area contributed by atoms with Crippen LogP contribution in [0.5, 0.6) is 0 Å². The average molecular weight is 308 g/mol. The molecular formula is C15H24N4OS. The molecule has 1 fully saturated rings. The molecule has 5 nitrogen and oxygen atoms in total. The lowest BCUT2D eigenvalue weighted by molar-refractivity contribution is -0.137. The number of anilines is 1. The molecule has 2 N–H and O–H groups in total. The van der Waals surface area contributed by atoms with E-state index < -0.39 is 0 Å². The van der Waals surface area contributed by atoms with Crippen molar-refractivity contribution in [2.45, 2.75) is 45.7 Å². The predicted molar refractivity (Wildman–Crippen MR) is 85.1 cm³/mol. The molecule has 0 saturated carbocycles. The van der Waals surface area contributed by atoms with Crippen LogP contribution in [0.4, 0.5) is 5.13 Å². The van der Waals surface area contributed by atoms with Crippen LogP contribution in [0.25, 0.3) is 0 Å². The van der Waals surface area contributed by atoms with Crippen LogP contribution in [0.1, 0.15) is 37.3 Å². The van der Waals surface area contributed by atoms with E-state index in [2.05, 4.69) is 23.7 Å². The predicted octanol–water partition coefficient (Wildman–Crippen LogP) is 1.73. The van der Waals surface area contributed by atoms with Gasteiger partial charge in [0.15, 0.2) is 5.13 Å². The van der Waals surface area contributed by atoms with Crippen molar-refractivity contribution in [1.29, 1.82) is 0 Å². The molecule has 1 amide bonds. The Morgan fingerprint density at radius 3 is 3.00 bits per heavy atom. The molecule has 1 unspecified atom stereocenters. The molecule has 21 heavy (non-hydrogen) atoms. The summed E-state index contributed by atoms with van der Waals surface area (Å²) in [6.45, 7) is 8.22. The summed E-state index contributed by atoms with van der Waals surface area (Å²) in [7, 11) is 0. The lowest BCUT2D eigenvalue weighted by atomic mass is 9.95. The van der Waals surface area contributed by atoms with Crippen molar-refractivity contribution in [1.82, 2.24) is 14.8 Å². The molecule has 3 rings (SSSR count). The minimum absolute atomic E-state index is 0.314. The minimum atomic E-state index is 0.314. The number of nitrogens with two attached hydrogens (primary N) is 1. The van der Waals surface area contributed by atoms with Crippen LogP contribution in [0.3, 0.4) is 0 Å². The van der Waals surface area contributed by atoms with E-state index in [4.69, 9.17) is 5.73 Å². The van der Waals surface area contributed by atoms with Crippen molar-refractivity contribution in [3.8, 4) is 0 Å². The summed E-state index contributed by atoms with van der Waals surface area (Å²) in [6.07, 6.45) is 2.73. The lowest BCUT2D eigenvalue weighted by Crippen LogP contribution is -2.47. The van der Waals surface area contributed by atoms with Gasteiger partial charge < -0.3 is 10.6 Å². The summed E-state index contributed by atoms with van der Waals surface area (Å²) in [5, 5.41) is 0.691. The minimum Gasteiger partial charge on any atom is -0.375 e. The number of amides is 1. The summed E-state index contributed by atoms with van der Waals surface area (Å²) < 4.78 is 0. The van der Waals surface area contributed by atoms with E-state index in [1.165, 1.54) is 10.6 Å². The number of rotatable bonds is 3. The van der Waals surface area contributed by atoms with Crippen LogP contribution in [0, 0.1) is 5.92 Å². The fraction of sp³-hybridized carbons (Fsp3) is 0.733. The van der Waals surface area contributed by atoms with Crippen LogP contribution >= 0.6 is 11.3 Å². The molecule has 0 aliphatic carbocycles. The summed E-state index contributed by atoms with van der Waals surface area (Å²) in [5.74, 6) is 0.911. The number of nitrogens with zero attached hydrogens (tertiary/aromatic N) is 3. The molecule has 2 aliphatic rings. The van der Waals surface area contributed by atoms with Crippen molar-refractivity contribution in [2.75, 3.05) is 25.4 Å². The van der Waals surface area contributed by atoms with E-state index >= 15 is 0 Å². The molecular weight excluding hydrogens is 284 g/mol. The van der Waals surface area contributed by atoms with Crippen molar-refractivity contribution in [3.05, 3.63) is 10.6 Å². The second kappa shape index (κ2) is 5.93. The first-order valence-electron chi connectivity index (χ1n) is 7.79. The van der Waals surface area contributed by atoms with Crippen LogP contribution < -0.4 is 5.73 Å². The Morgan fingerprint density at radius 2 is 2.24 bits per heavy atom. The van der Waals surface area contributed by atoms with Crippen molar-refractivity contribution in [3.63, 3.8) is 0 Å². The van der Waals surface area contributed by atoms with Gasteiger partial charge in [-0.2, -0.15) is 0 Å². The first-order chi connectivity index (χ1) is 10.0. The number of hydrogen-bond acceptors (Lipinski definition) is 5. The Labute approximate surface area is 130 Å². The highest BCUT2D eigenvalue weighted by molar-refractivity contribution is 7.15. The van der Waals surface area contributed by atoms with Crippen LogP contribution in [0.15, 0.2) is 0 Å². The third kappa shape index (κ3) is 3.21. The molecule has 0 spiro atoms. The van der Waals surface area contributed by atoms with Gasteiger partial charge in [0.25, 0.3) is 0 Å². The molecule has 0 aromatic carbocycles. The van der Waals surface area contributed by atoms with Gasteiger partial charge in [0, 0.05) is 49.9 Å². The first-order valence-corrected chi connectivity index (χ1v) is 8.60. The van der Waals surface area contributed by atoms with Gasteiger partial charge in [-0.15, -0.1) is 11.3 Å². The van der Waals surface area contributed by atoms with Gasteiger partial charge in [-0.3, -0.25) is 9.69 Å². The Hall–Kier alpha value is -1.14. The third-order valence-corrected chi connectivity index (χ3v) is 5.42. The molecule has 0 bridgehead atoms. The number of carbonyl (C=O) groups excluding carboxylic acids is 1. The Morgan fingerprint density at radius 1 is 1.43 bits per heavy atom. The Balaban J connectivity index is 1.59. The number of fused-ring (bicyclic) bond motifs is 1. The highest BCUT2D eigenvalue weighted by Crippen LogP contribution is 2.28. The molecule has 3 heterocycles. The van der Waals surface area contributed by atoms with Crippen LogP contribution in [0.2, 0.25) is 0 Å². The number of aromatic nitrogens is 1. The first kappa shape index (κ1) is 14.8. The van der Waals surface area contributed by atoms with Gasteiger partial charge in [0.2, 0.25) is 5.91 Å². The number of piperidine rings is 1. The highest BCUT2D eigenvalue weighted by Gasteiger charge is 2.29. The number of likely N-dealkylation sites (tertiary alicyclic amines) is 1. The van der Waals surface area contributed by atoms with Gasteiger partial charge in [0.05, 0.1) is 5.69 Å². The largest absolute Gasteiger partial charge is 0.375 e. The van der Waals surface area contributed by atoms with E-state index in [9.17, 15) is 4.79 Å². The van der Waals surface area contributed by atoms with Gasteiger partial charge in [-0.05, 0) is 26.2 Å². The van der Waals surface area contributed by atoms with Gasteiger partial charge in [0.1, 0.15) is 0 Å². The maximum atomic E-state index is 11.9. The van der Waals surface area contributed by atoms with Crippen LogP contribution in [-0.4, -0.2) is 46.4 Å². The third-order valence-electron chi connectivity index (χ3n) is 4.51. The van der Waals surface area contributed by atoms with E-state index in [0.717, 1.165) is 39.0 Å². The van der Waals surface area contributed by atoms with E-state index in [1.54, 1.807) is 11.3 Å². The highest BCUT2D eigenvalue weighted by atomic mass is 32.1. The maximum Gasteiger partial charge on any atom is 0.222 e. The van der Waals surface area contributed by atoms with Crippen molar-refractivity contribution < 1.29 is 4.79 Å². The summed E-state index contributed by atoms with van der Waals surface area (Å²) in [6, 6.07) is 0.314. The average Bonchev–Trinajstić information content (AvgIpc) is 2.80.